The summed E-state index contributed by atoms with van der Waals surface area (Å²) >= 11 is 7.07. The Bertz CT molecular complexity index is 766. The number of benzene rings is 1. The lowest BCUT2D eigenvalue weighted by Crippen LogP contribution is -2.17. The summed E-state index contributed by atoms with van der Waals surface area (Å²) in [7, 11) is 1.66. The molecule has 0 atom stereocenters. The highest BCUT2D eigenvalue weighted by atomic mass is 79.9. The summed E-state index contributed by atoms with van der Waals surface area (Å²) in [4.78, 5) is 4.25. The number of ether oxygens (including phenoxy) is 3. The van der Waals surface area contributed by atoms with Crippen molar-refractivity contribution >= 4 is 43.2 Å². The van der Waals surface area contributed by atoms with Gasteiger partial charge in [0.25, 0.3) is 5.88 Å². The Balaban J connectivity index is 2.10. The first-order valence-corrected chi connectivity index (χ1v) is 8.66. The second-order valence-corrected chi connectivity index (χ2v) is 6.85. The minimum atomic E-state index is 0.501. The number of nitrogens with zero attached hydrogens (tertiary/aromatic N) is 1. The van der Waals surface area contributed by atoms with Gasteiger partial charge in [-0.15, -0.1) is 0 Å². The first-order valence-electron chi connectivity index (χ1n) is 7.07. The van der Waals surface area contributed by atoms with Crippen LogP contribution >= 0.6 is 31.9 Å². The third kappa shape index (κ3) is 2.99. The summed E-state index contributed by atoms with van der Waals surface area (Å²) in [6.45, 7) is 5.06. The van der Waals surface area contributed by atoms with E-state index in [1.54, 1.807) is 13.3 Å². The normalized spacial score (nSPS) is 12.9. The number of aryl methyl sites for hydroxylation is 1. The van der Waals surface area contributed by atoms with Crippen LogP contribution in [0.1, 0.15) is 11.1 Å². The van der Waals surface area contributed by atoms with Crippen molar-refractivity contribution in [2.45, 2.75) is 13.8 Å². The Hall–Kier alpha value is -1.47. The predicted molar refractivity (Wildman–Crippen MR) is 96.4 cm³/mol. The fourth-order valence-corrected chi connectivity index (χ4v) is 3.76. The average molecular weight is 444 g/mol. The van der Waals surface area contributed by atoms with Crippen LogP contribution in [-0.2, 0) is 0 Å². The molecule has 23 heavy (non-hydrogen) atoms. The van der Waals surface area contributed by atoms with Crippen LogP contribution in [0, 0.1) is 13.8 Å². The van der Waals surface area contributed by atoms with Gasteiger partial charge in [0.2, 0.25) is 5.75 Å². The third-order valence-corrected chi connectivity index (χ3v) is 4.84. The molecule has 2 heterocycles. The van der Waals surface area contributed by atoms with Gasteiger partial charge < -0.3 is 19.5 Å². The van der Waals surface area contributed by atoms with Gasteiger partial charge in [0.1, 0.15) is 24.7 Å². The monoisotopic (exact) mass is 442 g/mol. The lowest BCUT2D eigenvalue weighted by Gasteiger charge is -2.23. The molecule has 5 nitrogen and oxygen atoms in total. The SMILES string of the molecule is COc1c(Br)cc(C)c(Nc2c(Br)cnc3c2OCCO3)c1C. The van der Waals surface area contributed by atoms with E-state index in [0.717, 1.165) is 37.2 Å². The number of halogens is 2. The van der Waals surface area contributed by atoms with Crippen LogP contribution in [0.5, 0.6) is 17.4 Å². The Morgan fingerprint density at radius 1 is 1.13 bits per heavy atom. The maximum absolute atomic E-state index is 5.75. The van der Waals surface area contributed by atoms with Crippen LogP contribution < -0.4 is 19.5 Å². The second-order valence-electron chi connectivity index (χ2n) is 5.15. The molecular formula is C16H16Br2N2O3. The Morgan fingerprint density at radius 2 is 1.87 bits per heavy atom. The lowest BCUT2D eigenvalue weighted by atomic mass is 10.1. The van der Waals surface area contributed by atoms with Crippen molar-refractivity contribution in [1.29, 1.82) is 0 Å². The quantitative estimate of drug-likeness (QED) is 0.741. The number of hydrogen-bond donors (Lipinski definition) is 1. The number of aromatic nitrogens is 1. The Labute approximate surface area is 151 Å². The number of pyridine rings is 1. The van der Waals surface area contributed by atoms with Crippen molar-refractivity contribution in [3.63, 3.8) is 0 Å². The molecule has 0 aliphatic carbocycles. The van der Waals surface area contributed by atoms with Gasteiger partial charge in [-0.05, 0) is 57.3 Å². The van der Waals surface area contributed by atoms with Crippen LogP contribution in [0.15, 0.2) is 21.2 Å². The van der Waals surface area contributed by atoms with E-state index in [0.29, 0.717) is 24.8 Å². The van der Waals surface area contributed by atoms with Crippen LogP contribution in [0.2, 0.25) is 0 Å². The summed E-state index contributed by atoms with van der Waals surface area (Å²) in [6, 6.07) is 2.02. The second kappa shape index (κ2) is 6.57. The molecule has 0 amide bonds. The minimum Gasteiger partial charge on any atom is -0.495 e. The molecule has 1 aromatic heterocycles. The van der Waals surface area contributed by atoms with E-state index < -0.39 is 0 Å². The summed E-state index contributed by atoms with van der Waals surface area (Å²) in [6.07, 6.45) is 1.70. The third-order valence-electron chi connectivity index (χ3n) is 3.65. The van der Waals surface area contributed by atoms with Crippen molar-refractivity contribution in [3.8, 4) is 17.4 Å². The average Bonchev–Trinajstić information content (AvgIpc) is 2.53. The van der Waals surface area contributed by atoms with Gasteiger partial charge in [0.05, 0.1) is 16.1 Å². The molecule has 2 aromatic rings. The number of anilines is 2. The number of methoxy groups -OCH3 is 1. The molecule has 0 saturated heterocycles. The fraction of sp³-hybridized carbons (Fsp3) is 0.312. The Morgan fingerprint density at radius 3 is 2.61 bits per heavy atom. The van der Waals surface area contributed by atoms with Crippen LogP contribution in [0.4, 0.5) is 11.4 Å². The molecule has 1 aliphatic rings. The van der Waals surface area contributed by atoms with Gasteiger partial charge in [-0.25, -0.2) is 4.98 Å². The summed E-state index contributed by atoms with van der Waals surface area (Å²) in [5.74, 6) is 1.92. The molecule has 0 spiro atoms. The molecule has 7 heteroatoms. The smallest absolute Gasteiger partial charge is 0.259 e. The predicted octanol–water partition coefficient (Wildman–Crippen LogP) is 4.75. The van der Waals surface area contributed by atoms with Gasteiger partial charge in [-0.3, -0.25) is 0 Å². The topological polar surface area (TPSA) is 52.6 Å². The number of rotatable bonds is 3. The zero-order valence-corrected chi connectivity index (χ0v) is 16.2. The summed E-state index contributed by atoms with van der Waals surface area (Å²) in [5.41, 5.74) is 3.86. The molecule has 0 radical (unpaired) electrons. The van der Waals surface area contributed by atoms with E-state index in [4.69, 9.17) is 14.2 Å². The van der Waals surface area contributed by atoms with E-state index in [9.17, 15) is 0 Å². The standard InChI is InChI=1S/C16H16Br2N2O3/c1-8-6-10(17)14(21-3)9(2)12(8)20-13-11(18)7-19-16-15(13)22-4-5-23-16/h6-7H,4-5H2,1-3H3,(H,19,20). The van der Waals surface area contributed by atoms with Gasteiger partial charge in [0, 0.05) is 17.4 Å². The maximum Gasteiger partial charge on any atom is 0.259 e. The van der Waals surface area contributed by atoms with Gasteiger partial charge >= 0.3 is 0 Å². The zero-order valence-electron chi connectivity index (χ0n) is 13.0. The highest BCUT2D eigenvalue weighted by Gasteiger charge is 2.22. The van der Waals surface area contributed by atoms with Gasteiger partial charge in [-0.1, -0.05) is 0 Å². The molecule has 0 fully saturated rings. The lowest BCUT2D eigenvalue weighted by molar-refractivity contribution is 0.165. The highest BCUT2D eigenvalue weighted by molar-refractivity contribution is 9.11. The van der Waals surface area contributed by atoms with Crippen molar-refractivity contribution < 1.29 is 14.2 Å². The van der Waals surface area contributed by atoms with E-state index >= 15 is 0 Å². The molecule has 1 N–H and O–H groups in total. The van der Waals surface area contributed by atoms with Crippen LogP contribution in [-0.4, -0.2) is 25.3 Å². The zero-order chi connectivity index (χ0) is 16.6. The van der Waals surface area contributed by atoms with Crippen molar-refractivity contribution in [1.82, 2.24) is 4.98 Å². The van der Waals surface area contributed by atoms with Gasteiger partial charge in [0.15, 0.2) is 0 Å². The highest BCUT2D eigenvalue weighted by Crippen LogP contribution is 2.44. The van der Waals surface area contributed by atoms with Crippen molar-refractivity contribution in [2.24, 2.45) is 0 Å². The minimum absolute atomic E-state index is 0.501. The molecule has 0 bridgehead atoms. The van der Waals surface area contributed by atoms with E-state index in [-0.39, 0.29) is 0 Å². The molecule has 122 valence electrons. The molecule has 0 unspecified atom stereocenters. The largest absolute Gasteiger partial charge is 0.495 e. The molecular weight excluding hydrogens is 428 g/mol. The first-order chi connectivity index (χ1) is 11.0. The van der Waals surface area contributed by atoms with E-state index in [1.807, 2.05) is 19.9 Å². The number of nitrogens with one attached hydrogen (secondary N) is 1. The number of fused-ring (bicyclic) bond motifs is 1. The molecule has 1 aromatic carbocycles. The molecule has 3 rings (SSSR count). The van der Waals surface area contributed by atoms with Crippen LogP contribution in [0.25, 0.3) is 0 Å². The van der Waals surface area contributed by atoms with Crippen molar-refractivity contribution in [2.75, 3.05) is 25.6 Å². The van der Waals surface area contributed by atoms with Crippen LogP contribution in [0.3, 0.4) is 0 Å². The van der Waals surface area contributed by atoms with E-state index in [2.05, 4.69) is 42.2 Å². The van der Waals surface area contributed by atoms with Gasteiger partial charge in [-0.2, -0.15) is 0 Å². The summed E-state index contributed by atoms with van der Waals surface area (Å²) < 4.78 is 18.5. The van der Waals surface area contributed by atoms with E-state index in [1.165, 1.54) is 0 Å². The number of hydrogen-bond acceptors (Lipinski definition) is 5. The maximum atomic E-state index is 5.75. The molecule has 1 aliphatic heterocycles. The summed E-state index contributed by atoms with van der Waals surface area (Å²) in [5, 5.41) is 3.45. The first kappa shape index (κ1) is 16.4. The fourth-order valence-electron chi connectivity index (χ4n) is 2.57. The molecule has 0 saturated carbocycles. The van der Waals surface area contributed by atoms with Crippen molar-refractivity contribution in [3.05, 3.63) is 32.3 Å². The Kier molecular flexibility index (Phi) is 4.68.